The van der Waals surface area contributed by atoms with Crippen LogP contribution in [0.5, 0.6) is 0 Å². The molecule has 11 rings (SSSR count). The lowest BCUT2D eigenvalue weighted by molar-refractivity contribution is -0.145. The van der Waals surface area contributed by atoms with Crippen LogP contribution in [-0.2, 0) is 85.2 Å². The number of epoxide rings is 3. The number of aliphatic hydroxyl groups excluding tert-OH is 3. The van der Waals surface area contributed by atoms with Crippen LogP contribution in [-0.4, -0.2) is 381 Å². The Morgan fingerprint density at radius 3 is 1.26 bits per heavy atom. The van der Waals surface area contributed by atoms with Crippen molar-refractivity contribution in [2.24, 2.45) is 5.90 Å². The third-order valence-corrected chi connectivity index (χ3v) is 40.3. The van der Waals surface area contributed by atoms with E-state index in [1.165, 1.54) is 34.4 Å². The average Bonchev–Trinajstić information content (AvgIpc) is 1.58. The molecule has 21 atom stereocenters. The summed E-state index contributed by atoms with van der Waals surface area (Å²) in [4.78, 5) is 114. The number of methoxy groups -OCH3 is 1. The Kier molecular flexibility index (Phi) is 55.8. The van der Waals surface area contributed by atoms with Crippen molar-refractivity contribution in [2.75, 3.05) is 99.7 Å². The molecule has 130 heavy (non-hydrogen) atoms. The number of hydrogen-bond donors (Lipinski definition) is 8. The highest BCUT2D eigenvalue weighted by molar-refractivity contribution is 6.75. The molecule has 0 aliphatic carbocycles. The first-order valence-electron chi connectivity index (χ1n) is 46.6. The zero-order valence-electron chi connectivity index (χ0n) is 82.8. The molecule has 11 aliphatic heterocycles. The van der Waals surface area contributed by atoms with Crippen LogP contribution >= 0.6 is 0 Å². The summed E-state index contributed by atoms with van der Waals surface area (Å²) in [5, 5.41) is 31.6. The Labute approximate surface area is 786 Å². The monoisotopic (exact) mass is 1880 g/mol. The van der Waals surface area contributed by atoms with Crippen molar-refractivity contribution in [1.82, 2.24) is 55.8 Å². The normalized spacial score (nSPS) is 29.8. The average molecular weight is 1880 g/mol. The van der Waals surface area contributed by atoms with Crippen molar-refractivity contribution in [1.29, 1.82) is 0 Å². The summed E-state index contributed by atoms with van der Waals surface area (Å²) in [5.74, 6) is 4.26. The van der Waals surface area contributed by atoms with Crippen molar-refractivity contribution < 1.29 is 105 Å². The van der Waals surface area contributed by atoms with E-state index in [-0.39, 0.29) is 113 Å². The Hall–Kier alpha value is -4.19. The van der Waals surface area contributed by atoms with Gasteiger partial charge < -0.3 is 111 Å². The fourth-order valence-corrected chi connectivity index (χ4v) is 19.9. The van der Waals surface area contributed by atoms with Crippen molar-refractivity contribution in [3.63, 3.8) is 0 Å². The summed E-state index contributed by atoms with van der Waals surface area (Å²) in [7, 11) is 4.49. The Morgan fingerprint density at radius 2 is 0.854 bits per heavy atom. The highest BCUT2D eigenvalue weighted by Gasteiger charge is 2.55. The maximum Gasteiger partial charge on any atom is 0.344 e. The molecule has 11 heterocycles. The summed E-state index contributed by atoms with van der Waals surface area (Å²) in [6, 6.07) is 1.53. The molecule has 11 saturated heterocycles. The number of rotatable bonds is 40. The second-order valence-corrected chi connectivity index (χ2v) is 52.9. The van der Waals surface area contributed by atoms with Crippen molar-refractivity contribution in [3.8, 4) is 0 Å². The number of amides is 2. The third-order valence-electron chi connectivity index (χ3n) is 26.7. The van der Waals surface area contributed by atoms with Crippen LogP contribution in [0.1, 0.15) is 174 Å². The fraction of sp³-hybridized carbons (Fsp3) is 0.807. The van der Waals surface area contributed by atoms with Crippen molar-refractivity contribution in [2.45, 2.75) is 356 Å². The molecule has 0 saturated carbocycles. The molecule has 42 heteroatoms. The van der Waals surface area contributed by atoms with E-state index in [0.717, 1.165) is 116 Å². The van der Waals surface area contributed by atoms with Gasteiger partial charge in [-0.2, -0.15) is 21.5 Å². The number of hydroxylamine groups is 5. The minimum absolute atomic E-state index is 0.0145. The smallest absolute Gasteiger partial charge is 0.344 e. The molecule has 34 nitrogen and oxygen atoms in total. The SMILES string of the molecule is C=CCON.C=CCON1C(=O)N2C[C@H]1[C@@H](O[Si](C)(C)C(C)(C)C)C[C@H]2CC.C=CCON[C@H]1CN([B]C=O)[C@H](CC)CC1O[Si](C)(C)C(C)(C)C.C=CCON[C@H]1CN([B]C=O)[C@H](CC)C[C@@H]1O.C=CCON[C@H]1CN[C@H](CC)CC1O[Si](C)(C)C(C)(C)C.CC[C@@H]1C[C@@H]2O[C@@H]2CN1[B]C=O.CO.COC(=O)[C@@H]1C[C@@H]2O[C@@H]2CN1[B]C=O.O=C[B]N1C[C@H]2O[C@H]2C[C@H]1CO. The molecule has 2 unspecified atom stereocenters. The van der Waals surface area contributed by atoms with Crippen molar-refractivity contribution in [3.05, 3.63) is 63.3 Å². The van der Waals surface area contributed by atoms with Gasteiger partial charge in [0.2, 0.25) is 0 Å². The number of ether oxygens (including phenoxy) is 4. The summed E-state index contributed by atoms with van der Waals surface area (Å²) in [6.07, 6.45) is 25.1. The van der Waals surface area contributed by atoms with E-state index in [1.807, 2.05) is 21.4 Å². The van der Waals surface area contributed by atoms with Crippen LogP contribution in [0.4, 0.5) is 4.79 Å². The second kappa shape index (κ2) is 60.5. The maximum atomic E-state index is 12.6. The van der Waals surface area contributed by atoms with E-state index in [0.29, 0.717) is 121 Å². The van der Waals surface area contributed by atoms with E-state index < -0.39 is 31.1 Å². The lowest BCUT2D eigenvalue weighted by atomic mass is 9.83. The fourth-order valence-electron chi connectivity index (χ4n) is 15.8. The van der Waals surface area contributed by atoms with Gasteiger partial charge in [0.15, 0.2) is 25.0 Å². The van der Waals surface area contributed by atoms with Crippen LogP contribution in [0.15, 0.2) is 63.3 Å². The number of nitrogens with zero attached hydrogens (tertiary/aromatic N) is 7. The van der Waals surface area contributed by atoms with Gasteiger partial charge in [0.1, 0.15) is 12.1 Å². The maximum absolute atomic E-state index is 12.6. The van der Waals surface area contributed by atoms with Crippen LogP contribution in [0.3, 0.4) is 0 Å². The van der Waals surface area contributed by atoms with Gasteiger partial charge in [-0.1, -0.05) is 127 Å². The standard InChI is InChI=1S/C17H34BN2O3Si.C17H32N2O3Si.C16H34N2O2Si.C11H20BN2O3.C8H11BNO4.C8H13BNO2.C7H11BNO3.C3H7NO.CH4O/c1-8-10-22-19-15-12-20(18-13-21)14(9-2)11-16(15)23-24(6,7)17(3,4)5;1-8-10-21-19-14-12-18(16(19)20)13(9-2)11-15(14)22-23(6,7)17(3,4)5;1-8-10-19-18-14-12-17-13(9-2)11-15(14)20-21(6,7)16(3,4)5;1-3-5-17-13-10-7-14(12-8-15)9(4-2)6-11(10)16;1-13-8(12)5-2-6-7(14-6)3-10(5)9-4-11;1-2-6-3-7-8(12-7)4-10(6)9-5-11;10-3-5-1-6-7(12-6)2-9(5)8-4-11;1-2-3-5-4;1-2/h8,13-16,19H,1,9-12H2,2-7H3;8,13-15H,1,9-12H2,2-7H3;8,13-15,17-18H,1,9-12H2,2-7H3;3,8-11,13,16H,1,4-7H2,2H3;4-7H,2-3H2,1H3;5-8H,2-4H2,1H3;4-7,10H,1-3H2;2H,1,3-4H2;2H,1H3/t14-,15+,16?;13-,14+,15+;13-,14+,15?;9-,10+,11+;5-,6-,7+;6-,7+,8-;5-,6-,7+;;/m1111010../s1. The number of nitrogens with one attached hydrogen (secondary N) is 4. The summed E-state index contributed by atoms with van der Waals surface area (Å²) >= 11 is 0. The molecule has 9 N–H and O–H groups in total. The minimum atomic E-state index is -1.89. The molecule has 0 aromatic heterocycles. The van der Waals surface area contributed by atoms with E-state index in [1.54, 1.807) is 50.0 Å². The number of esters is 1. The highest BCUT2D eigenvalue weighted by Crippen LogP contribution is 2.44. The van der Waals surface area contributed by atoms with Gasteiger partial charge in [-0.05, 0) is 125 Å². The number of fused-ring (bicyclic) bond motifs is 5. The topological polar surface area (TPSA) is 398 Å². The molecule has 2 amide bonds. The number of piperidine rings is 7. The van der Waals surface area contributed by atoms with Gasteiger partial charge in [0, 0.05) is 95.6 Å². The largest absolute Gasteiger partial charge is 0.468 e. The molecule has 0 aromatic rings. The molecule has 11 fully saturated rings. The molecule has 11 aliphatic rings. The lowest BCUT2D eigenvalue weighted by Gasteiger charge is -2.47. The minimum Gasteiger partial charge on any atom is -0.468 e. The van der Waals surface area contributed by atoms with Crippen LogP contribution < -0.4 is 27.7 Å². The number of carbonyl (C=O) groups excluding carboxylic acids is 7. The van der Waals surface area contributed by atoms with E-state index in [4.69, 9.17) is 57.1 Å². The molecule has 0 aromatic carbocycles. The summed E-state index contributed by atoms with van der Waals surface area (Å²) in [5.41, 5.74) is 9.09. The molecule has 5 radical (unpaired) electrons. The molecule has 2 bridgehead atoms. The third kappa shape index (κ3) is 39.0. The van der Waals surface area contributed by atoms with Gasteiger partial charge in [-0.15, -0.1) is 32.9 Å². The Balaban J connectivity index is 0.000000390. The lowest BCUT2D eigenvalue weighted by Crippen LogP contribution is -2.61. The van der Waals surface area contributed by atoms with Crippen molar-refractivity contribution >= 4 is 105 Å². The number of carbonyl (C=O) groups is 7. The molecule has 737 valence electrons. The van der Waals surface area contributed by atoms with Crippen LogP contribution in [0, 0.1) is 0 Å². The highest BCUT2D eigenvalue weighted by atomic mass is 28.4. The van der Waals surface area contributed by atoms with E-state index in [2.05, 4.69) is 209 Å². The summed E-state index contributed by atoms with van der Waals surface area (Å²) < 4.78 is 40.7. The van der Waals surface area contributed by atoms with Gasteiger partial charge in [0.05, 0.1) is 157 Å². The first kappa shape index (κ1) is 120. The molecular formula is C88H166B5N12O22Si3. The number of aliphatic hydroxyl groups is 3. The van der Waals surface area contributed by atoms with Gasteiger partial charge in [-0.25, -0.2) is 10.7 Å². The quantitative estimate of drug-likeness (QED) is 0.00607. The molecular weight excluding hydrogens is 1720 g/mol. The first-order valence-corrected chi connectivity index (χ1v) is 55.3. The number of urea groups is 1. The summed E-state index contributed by atoms with van der Waals surface area (Å²) in [6.45, 7) is 70.0. The zero-order chi connectivity index (χ0) is 97.9. The predicted octanol–water partition coefficient (Wildman–Crippen LogP) is 6.63. The number of nitrogens with two attached hydrogens (primary N) is 1. The van der Waals surface area contributed by atoms with Crippen LogP contribution in [0.2, 0.25) is 54.4 Å². The van der Waals surface area contributed by atoms with E-state index >= 15 is 0 Å². The zero-order valence-corrected chi connectivity index (χ0v) is 85.8. The molecule has 0 spiro atoms. The Morgan fingerprint density at radius 1 is 0.485 bits per heavy atom. The van der Waals surface area contributed by atoms with Gasteiger partial charge in [0.25, 0.3) is 37.1 Å². The van der Waals surface area contributed by atoms with Crippen LogP contribution in [0.25, 0.3) is 0 Å². The Bertz CT molecular complexity index is 3280. The van der Waals surface area contributed by atoms with E-state index in [9.17, 15) is 38.7 Å². The number of hydrogen-bond acceptors (Lipinski definition) is 32. The second-order valence-electron chi connectivity index (χ2n) is 38.7. The van der Waals surface area contributed by atoms with Gasteiger partial charge >= 0.3 is 12.0 Å². The predicted molar refractivity (Wildman–Crippen MR) is 523 cm³/mol. The van der Waals surface area contributed by atoms with Gasteiger partial charge in [-0.3, -0.25) is 24.1 Å². The first-order chi connectivity index (χ1) is 61.6.